The molecule has 0 bridgehead atoms. The van der Waals surface area contributed by atoms with Gasteiger partial charge < -0.3 is 10.1 Å². The van der Waals surface area contributed by atoms with Crippen molar-refractivity contribution >= 4 is 0 Å². The molecule has 23 heavy (non-hydrogen) atoms. The first-order valence-corrected chi connectivity index (χ1v) is 7.46. The smallest absolute Gasteiger partial charge is 0.404 e. The molecule has 1 aliphatic rings. The van der Waals surface area contributed by atoms with Crippen LogP contribution in [0.25, 0.3) is 0 Å². The molecule has 2 heterocycles. The fraction of sp³-hybridized carbons (Fsp3) is 0.353. The quantitative estimate of drug-likeness (QED) is 0.918. The molecule has 1 aliphatic heterocycles. The Kier molecular flexibility index (Phi) is 4.52. The van der Waals surface area contributed by atoms with Gasteiger partial charge in [-0.05, 0) is 35.7 Å². The van der Waals surface area contributed by atoms with Crippen molar-refractivity contribution < 1.29 is 17.9 Å². The molecule has 0 fully saturated rings. The predicted molar refractivity (Wildman–Crippen MR) is 80.3 cm³/mol. The molecule has 2 atom stereocenters. The highest BCUT2D eigenvalue weighted by molar-refractivity contribution is 5.37. The van der Waals surface area contributed by atoms with Crippen molar-refractivity contribution in [2.45, 2.75) is 31.2 Å². The number of benzene rings is 1. The maximum absolute atomic E-state index is 13.2. The number of nitrogens with zero attached hydrogens (tertiary/aromatic N) is 1. The van der Waals surface area contributed by atoms with Gasteiger partial charge in [-0.3, -0.25) is 4.98 Å². The molecule has 1 aromatic heterocycles. The van der Waals surface area contributed by atoms with E-state index in [0.717, 1.165) is 11.3 Å². The second-order valence-corrected chi connectivity index (χ2v) is 5.61. The molecule has 0 saturated heterocycles. The maximum Gasteiger partial charge on any atom is 0.404 e. The summed E-state index contributed by atoms with van der Waals surface area (Å²) in [7, 11) is 0. The third kappa shape index (κ3) is 4.01. The van der Waals surface area contributed by atoms with Crippen molar-refractivity contribution in [2.75, 3.05) is 6.54 Å². The number of rotatable bonds is 5. The molecule has 3 rings (SSSR count). The number of nitrogens with one attached hydrogen (secondary N) is 1. The van der Waals surface area contributed by atoms with Crippen LogP contribution in [0.3, 0.4) is 0 Å². The standard InChI is InChI=1S/C17H17F3N2O/c18-17(19,20)16(9-12-5-7-21-8-6-12)22-11-14-10-13-3-1-2-4-15(13)23-14/h1-8,14,16,22H,9-11H2/t14-,16-/m1/s1. The minimum absolute atomic E-state index is 0.119. The number of halogens is 3. The molecule has 122 valence electrons. The van der Waals surface area contributed by atoms with Gasteiger partial charge in [-0.15, -0.1) is 0 Å². The third-order valence-electron chi connectivity index (χ3n) is 3.89. The number of ether oxygens (including phenoxy) is 1. The first-order chi connectivity index (χ1) is 11.0. The fourth-order valence-electron chi connectivity index (χ4n) is 2.70. The zero-order valence-electron chi connectivity index (χ0n) is 12.4. The predicted octanol–water partition coefficient (Wildman–Crippen LogP) is 3.15. The van der Waals surface area contributed by atoms with Crippen LogP contribution in [-0.4, -0.2) is 29.9 Å². The second-order valence-electron chi connectivity index (χ2n) is 5.61. The first kappa shape index (κ1) is 15.8. The maximum atomic E-state index is 13.2. The topological polar surface area (TPSA) is 34.2 Å². The van der Waals surface area contributed by atoms with Crippen molar-refractivity contribution in [3.8, 4) is 5.75 Å². The van der Waals surface area contributed by atoms with Crippen molar-refractivity contribution in [3.05, 3.63) is 59.9 Å². The molecule has 0 spiro atoms. The number of aromatic nitrogens is 1. The lowest BCUT2D eigenvalue weighted by Crippen LogP contribution is -2.47. The summed E-state index contributed by atoms with van der Waals surface area (Å²) in [6, 6.07) is 9.14. The van der Waals surface area contributed by atoms with E-state index in [0.29, 0.717) is 12.0 Å². The van der Waals surface area contributed by atoms with Crippen molar-refractivity contribution in [3.63, 3.8) is 0 Å². The monoisotopic (exact) mass is 322 g/mol. The molecule has 2 aromatic rings. The zero-order valence-corrected chi connectivity index (χ0v) is 12.4. The lowest BCUT2D eigenvalue weighted by atomic mass is 10.1. The van der Waals surface area contributed by atoms with Gasteiger partial charge in [0.15, 0.2) is 0 Å². The van der Waals surface area contributed by atoms with E-state index in [2.05, 4.69) is 10.3 Å². The molecule has 1 aromatic carbocycles. The van der Waals surface area contributed by atoms with Crippen LogP contribution >= 0.6 is 0 Å². The summed E-state index contributed by atoms with van der Waals surface area (Å²) < 4.78 is 45.4. The van der Waals surface area contributed by atoms with Crippen LogP contribution in [0.5, 0.6) is 5.75 Å². The van der Waals surface area contributed by atoms with Gasteiger partial charge in [0, 0.05) is 25.4 Å². The molecule has 0 amide bonds. The van der Waals surface area contributed by atoms with Gasteiger partial charge in [0.2, 0.25) is 0 Å². The molecule has 3 nitrogen and oxygen atoms in total. The average Bonchev–Trinajstić information content (AvgIpc) is 2.94. The Bertz CT molecular complexity index is 621. The van der Waals surface area contributed by atoms with Crippen molar-refractivity contribution in [2.24, 2.45) is 0 Å². The first-order valence-electron chi connectivity index (χ1n) is 7.46. The molecule has 0 radical (unpaired) electrons. The van der Waals surface area contributed by atoms with E-state index in [9.17, 15) is 13.2 Å². The number of hydrogen-bond acceptors (Lipinski definition) is 3. The number of pyridine rings is 1. The van der Waals surface area contributed by atoms with Crippen LogP contribution in [0.1, 0.15) is 11.1 Å². The van der Waals surface area contributed by atoms with Crippen LogP contribution in [0.15, 0.2) is 48.8 Å². The van der Waals surface area contributed by atoms with E-state index < -0.39 is 12.2 Å². The van der Waals surface area contributed by atoms with E-state index in [-0.39, 0.29) is 19.1 Å². The van der Waals surface area contributed by atoms with Gasteiger partial charge in [-0.2, -0.15) is 13.2 Å². The van der Waals surface area contributed by atoms with Gasteiger partial charge in [0.05, 0.1) is 0 Å². The summed E-state index contributed by atoms with van der Waals surface area (Å²) in [5, 5.41) is 2.61. The molecule has 0 saturated carbocycles. The minimum Gasteiger partial charge on any atom is -0.488 e. The molecular weight excluding hydrogens is 305 g/mol. The molecule has 6 heteroatoms. The largest absolute Gasteiger partial charge is 0.488 e. The number of alkyl halides is 3. The van der Waals surface area contributed by atoms with Gasteiger partial charge in [0.1, 0.15) is 17.9 Å². The van der Waals surface area contributed by atoms with E-state index in [4.69, 9.17) is 4.74 Å². The Morgan fingerprint density at radius 2 is 1.91 bits per heavy atom. The Morgan fingerprint density at radius 3 is 2.61 bits per heavy atom. The molecule has 0 unspecified atom stereocenters. The SMILES string of the molecule is FC(F)(F)[C@@H](Cc1ccncc1)NC[C@H]1Cc2ccccc2O1. The van der Waals surface area contributed by atoms with Gasteiger partial charge >= 0.3 is 6.18 Å². The summed E-state index contributed by atoms with van der Waals surface area (Å²) in [4.78, 5) is 3.83. The number of hydrogen-bond donors (Lipinski definition) is 1. The summed E-state index contributed by atoms with van der Waals surface area (Å²) in [6.07, 6.45) is -1.07. The summed E-state index contributed by atoms with van der Waals surface area (Å²) in [6.45, 7) is 0.157. The summed E-state index contributed by atoms with van der Waals surface area (Å²) >= 11 is 0. The van der Waals surface area contributed by atoms with E-state index >= 15 is 0 Å². The molecular formula is C17H17F3N2O. The van der Waals surface area contributed by atoms with Gasteiger partial charge in [-0.1, -0.05) is 18.2 Å². The van der Waals surface area contributed by atoms with E-state index in [1.165, 1.54) is 12.4 Å². The van der Waals surface area contributed by atoms with Gasteiger partial charge in [-0.25, -0.2) is 0 Å². The highest BCUT2D eigenvalue weighted by Crippen LogP contribution is 2.28. The average molecular weight is 322 g/mol. The Hall–Kier alpha value is -2.08. The Balaban J connectivity index is 1.60. The third-order valence-corrected chi connectivity index (χ3v) is 3.89. The zero-order chi connectivity index (χ0) is 16.3. The van der Waals surface area contributed by atoms with Gasteiger partial charge in [0.25, 0.3) is 0 Å². The normalized spacial score (nSPS) is 18.3. The van der Waals surface area contributed by atoms with Crippen LogP contribution in [0.4, 0.5) is 13.2 Å². The van der Waals surface area contributed by atoms with E-state index in [1.807, 2.05) is 24.3 Å². The number of fused-ring (bicyclic) bond motifs is 1. The van der Waals surface area contributed by atoms with E-state index in [1.54, 1.807) is 12.1 Å². The summed E-state index contributed by atoms with van der Waals surface area (Å²) in [5.74, 6) is 0.761. The molecule has 0 aliphatic carbocycles. The highest BCUT2D eigenvalue weighted by atomic mass is 19.4. The summed E-state index contributed by atoms with van der Waals surface area (Å²) in [5.41, 5.74) is 1.64. The lowest BCUT2D eigenvalue weighted by Gasteiger charge is -2.23. The van der Waals surface area contributed by atoms with Crippen LogP contribution in [0.2, 0.25) is 0 Å². The number of para-hydroxylation sites is 1. The van der Waals surface area contributed by atoms with Crippen LogP contribution in [0, 0.1) is 0 Å². The molecule has 1 N–H and O–H groups in total. The van der Waals surface area contributed by atoms with Crippen LogP contribution in [-0.2, 0) is 12.8 Å². The fourth-order valence-corrected chi connectivity index (χ4v) is 2.70. The second kappa shape index (κ2) is 6.58. The lowest BCUT2D eigenvalue weighted by molar-refractivity contribution is -0.156. The minimum atomic E-state index is -4.31. The highest BCUT2D eigenvalue weighted by Gasteiger charge is 2.40. The Labute approximate surface area is 132 Å². The Morgan fingerprint density at radius 1 is 1.17 bits per heavy atom. The van der Waals surface area contributed by atoms with Crippen LogP contribution < -0.4 is 10.1 Å². The van der Waals surface area contributed by atoms with Crippen molar-refractivity contribution in [1.82, 2.24) is 10.3 Å². The van der Waals surface area contributed by atoms with Crippen molar-refractivity contribution in [1.29, 1.82) is 0 Å².